The van der Waals surface area contributed by atoms with Gasteiger partial charge in [-0.25, -0.2) is 0 Å². The molecule has 3 aliphatic heterocycles. The normalized spacial score (nSPS) is 41.1. The van der Waals surface area contributed by atoms with Crippen LogP contribution in [0, 0.1) is 11.8 Å². The highest BCUT2D eigenvalue weighted by Gasteiger charge is 2.53. The Balaban J connectivity index is 2.01. The summed E-state index contributed by atoms with van der Waals surface area (Å²) in [5.74, 6) is -2.82. The SMILES string of the molecule is CCC(=O)O[C@@H]1CC(=O)O[C@H](C)C/C=C/C=C/C(O)C(C)CC(CC=O)[C@H](O[C@@H]2OC(C)[C@@H](O[C@H]3C[C@@](C)(O)[C@@H](OC(=O)CC)[C@H](C)O3)[C@H](N(C)C)C2O)C1OC. The second-order valence-corrected chi connectivity index (χ2v) is 16.0. The average Bonchev–Trinajstić information content (AvgIpc) is 3.13. The highest BCUT2D eigenvalue weighted by Crippen LogP contribution is 2.37. The third-order valence-electron chi connectivity index (χ3n) is 10.9. The molecule has 0 aromatic rings. The fraction of sp³-hybridized carbons (Fsp3) is 0.805. The standard InChI is InChI=1S/C41H67NO15/c1-11-30(45)54-29-21-32(47)51-24(4)16-14-13-15-17-28(44)23(3)20-27(18-19-43)37(38(29)50-10)57-40-35(48)34(42(8)9)36(25(5)53-40)56-33-22-41(7,49)39(26(6)52-33)55-31(46)12-2/h13-15,17,19,23-29,33-40,44,48-49H,11-12,16,18,20-22H2,1-10H3/b14-13+,17-15+/t23?,24-,25?,26+,27?,28?,29-,33+,34-,35?,36-,37+,38?,39+,40+,41-/m1/s1. The van der Waals surface area contributed by atoms with Gasteiger partial charge in [0.25, 0.3) is 0 Å². The van der Waals surface area contributed by atoms with Gasteiger partial charge < -0.3 is 62.9 Å². The number of likely N-dealkylation sites (N-methyl/N-ethyl adjacent to an activating group) is 1. The van der Waals surface area contributed by atoms with Crippen LogP contribution in [-0.2, 0) is 57.1 Å². The average molecular weight is 814 g/mol. The maximum atomic E-state index is 13.3. The molecular formula is C41H67NO15. The van der Waals surface area contributed by atoms with Crippen LogP contribution >= 0.6 is 0 Å². The Morgan fingerprint density at radius 2 is 1.63 bits per heavy atom. The number of esters is 3. The number of carbonyl (C=O) groups is 4. The van der Waals surface area contributed by atoms with Crippen molar-refractivity contribution in [3.63, 3.8) is 0 Å². The summed E-state index contributed by atoms with van der Waals surface area (Å²) in [5, 5.41) is 34.5. The number of allylic oxidation sites excluding steroid dienone is 2. The van der Waals surface area contributed by atoms with Gasteiger partial charge in [0.15, 0.2) is 18.7 Å². The summed E-state index contributed by atoms with van der Waals surface area (Å²) in [6.45, 7) is 11.8. The van der Waals surface area contributed by atoms with Crippen molar-refractivity contribution in [1.82, 2.24) is 4.90 Å². The lowest BCUT2D eigenvalue weighted by Gasteiger charge is -2.50. The van der Waals surface area contributed by atoms with Gasteiger partial charge in [0, 0.05) is 39.2 Å². The smallest absolute Gasteiger partial charge is 0.309 e. The Hall–Kier alpha value is -2.80. The van der Waals surface area contributed by atoms with Gasteiger partial charge in [0.1, 0.15) is 42.4 Å². The number of hydrogen-bond acceptors (Lipinski definition) is 16. The Labute approximate surface area is 337 Å². The maximum absolute atomic E-state index is 13.3. The third kappa shape index (κ3) is 13.6. The van der Waals surface area contributed by atoms with E-state index in [1.165, 1.54) is 7.11 Å². The number of hydrogen-bond donors (Lipinski definition) is 3. The van der Waals surface area contributed by atoms with E-state index in [-0.39, 0.29) is 32.1 Å². The van der Waals surface area contributed by atoms with Crippen molar-refractivity contribution in [2.24, 2.45) is 11.8 Å². The van der Waals surface area contributed by atoms with Crippen LogP contribution in [0.15, 0.2) is 24.3 Å². The van der Waals surface area contributed by atoms with Crippen molar-refractivity contribution >= 4 is 24.2 Å². The van der Waals surface area contributed by atoms with Crippen LogP contribution in [0.3, 0.4) is 0 Å². The summed E-state index contributed by atoms with van der Waals surface area (Å²) in [6.07, 6.45) is -4.08. The minimum absolute atomic E-state index is 0.000633. The molecule has 2 saturated heterocycles. The minimum Gasteiger partial charge on any atom is -0.462 e. The van der Waals surface area contributed by atoms with Crippen LogP contribution in [0.25, 0.3) is 0 Å². The molecule has 0 bridgehead atoms. The van der Waals surface area contributed by atoms with Crippen molar-refractivity contribution in [3.8, 4) is 0 Å². The molecule has 0 aromatic carbocycles. The van der Waals surface area contributed by atoms with Crippen LogP contribution in [0.1, 0.15) is 93.4 Å². The second kappa shape index (κ2) is 22.5. The predicted molar refractivity (Wildman–Crippen MR) is 205 cm³/mol. The van der Waals surface area contributed by atoms with Crippen LogP contribution in [0.2, 0.25) is 0 Å². The Morgan fingerprint density at radius 1 is 0.965 bits per heavy atom. The van der Waals surface area contributed by atoms with E-state index in [1.54, 1.807) is 78.8 Å². The molecule has 16 atom stereocenters. The first-order chi connectivity index (χ1) is 26.9. The fourth-order valence-corrected chi connectivity index (χ4v) is 7.82. The number of aliphatic hydroxyl groups is 3. The fourth-order valence-electron chi connectivity index (χ4n) is 7.82. The van der Waals surface area contributed by atoms with Crippen molar-refractivity contribution in [2.45, 2.75) is 179 Å². The summed E-state index contributed by atoms with van der Waals surface area (Å²) in [4.78, 5) is 52.3. The minimum atomic E-state index is -1.49. The second-order valence-electron chi connectivity index (χ2n) is 16.0. The molecule has 2 fully saturated rings. The number of methoxy groups -OCH3 is 1. The Bertz CT molecular complexity index is 1350. The predicted octanol–water partition coefficient (Wildman–Crippen LogP) is 2.77. The summed E-state index contributed by atoms with van der Waals surface area (Å²) < 4.78 is 48.5. The maximum Gasteiger partial charge on any atom is 0.309 e. The van der Waals surface area contributed by atoms with E-state index in [1.807, 2.05) is 13.0 Å². The number of nitrogens with zero attached hydrogens (tertiary/aromatic N) is 1. The van der Waals surface area contributed by atoms with Crippen LogP contribution in [0.4, 0.5) is 0 Å². The Kier molecular flexibility index (Phi) is 19.2. The number of cyclic esters (lactones) is 1. The largest absolute Gasteiger partial charge is 0.462 e. The van der Waals surface area contributed by atoms with E-state index in [2.05, 4.69) is 0 Å². The molecule has 3 rings (SSSR count). The number of rotatable bonds is 12. The third-order valence-corrected chi connectivity index (χ3v) is 10.9. The molecule has 0 spiro atoms. The molecular weight excluding hydrogens is 746 g/mol. The highest BCUT2D eigenvalue weighted by atomic mass is 16.7. The van der Waals surface area contributed by atoms with Gasteiger partial charge in [0.05, 0.1) is 36.9 Å². The summed E-state index contributed by atoms with van der Waals surface area (Å²) >= 11 is 0. The van der Waals surface area contributed by atoms with Gasteiger partial charge in [-0.2, -0.15) is 0 Å². The van der Waals surface area contributed by atoms with Crippen molar-refractivity contribution < 1.29 is 72.4 Å². The molecule has 0 aliphatic carbocycles. The van der Waals surface area contributed by atoms with Gasteiger partial charge in [-0.15, -0.1) is 0 Å². The van der Waals surface area contributed by atoms with E-state index in [4.69, 9.17) is 37.9 Å². The number of carbonyl (C=O) groups excluding carboxylic acids is 4. The highest BCUT2D eigenvalue weighted by molar-refractivity contribution is 5.72. The molecule has 16 nitrogen and oxygen atoms in total. The molecule has 3 heterocycles. The lowest BCUT2D eigenvalue weighted by molar-refractivity contribution is -0.344. The van der Waals surface area contributed by atoms with E-state index >= 15 is 0 Å². The summed E-state index contributed by atoms with van der Waals surface area (Å²) in [5.41, 5.74) is -1.49. The van der Waals surface area contributed by atoms with Gasteiger partial charge in [0.2, 0.25) is 0 Å². The van der Waals surface area contributed by atoms with E-state index in [0.717, 1.165) is 0 Å². The summed E-state index contributed by atoms with van der Waals surface area (Å²) in [7, 11) is 4.86. The lowest BCUT2D eigenvalue weighted by Crippen LogP contribution is -2.66. The lowest BCUT2D eigenvalue weighted by atomic mass is 9.82. The van der Waals surface area contributed by atoms with Crippen LogP contribution in [-0.4, -0.2) is 151 Å². The molecule has 326 valence electrons. The van der Waals surface area contributed by atoms with Crippen LogP contribution in [0.5, 0.6) is 0 Å². The topological polar surface area (TPSA) is 206 Å². The van der Waals surface area contributed by atoms with Gasteiger partial charge in [-0.05, 0) is 60.0 Å². The van der Waals surface area contributed by atoms with Crippen molar-refractivity contribution in [2.75, 3.05) is 21.2 Å². The first kappa shape index (κ1) is 48.6. The summed E-state index contributed by atoms with van der Waals surface area (Å²) in [6, 6.07) is -0.779. The zero-order valence-corrected chi connectivity index (χ0v) is 35.2. The number of ether oxygens (including phenoxy) is 8. The molecule has 3 N–H and O–H groups in total. The molecule has 0 radical (unpaired) electrons. The van der Waals surface area contributed by atoms with Gasteiger partial charge >= 0.3 is 17.9 Å². The van der Waals surface area contributed by atoms with Gasteiger partial charge in [-0.1, -0.05) is 45.1 Å². The van der Waals surface area contributed by atoms with E-state index in [9.17, 15) is 34.5 Å². The van der Waals surface area contributed by atoms with Crippen molar-refractivity contribution in [3.05, 3.63) is 24.3 Å². The van der Waals surface area contributed by atoms with E-state index in [0.29, 0.717) is 12.7 Å². The zero-order chi connectivity index (χ0) is 42.6. The monoisotopic (exact) mass is 813 g/mol. The quantitative estimate of drug-likeness (QED) is 0.147. The first-order valence-corrected chi connectivity index (χ1v) is 20.1. The molecule has 0 aromatic heterocycles. The number of aliphatic hydroxyl groups excluding tert-OH is 2. The van der Waals surface area contributed by atoms with E-state index < -0.39 is 121 Å². The number of aldehydes is 1. The Morgan fingerprint density at radius 3 is 2.23 bits per heavy atom. The molecule has 57 heavy (non-hydrogen) atoms. The zero-order valence-electron chi connectivity index (χ0n) is 35.2. The molecule has 3 aliphatic rings. The molecule has 6 unspecified atom stereocenters. The van der Waals surface area contributed by atoms with Crippen LogP contribution < -0.4 is 0 Å². The van der Waals surface area contributed by atoms with Gasteiger partial charge in [-0.3, -0.25) is 14.4 Å². The first-order valence-electron chi connectivity index (χ1n) is 20.1. The van der Waals surface area contributed by atoms with Crippen molar-refractivity contribution in [1.29, 1.82) is 0 Å². The molecule has 16 heteroatoms. The molecule has 0 saturated carbocycles. The molecule has 0 amide bonds.